The Kier molecular flexibility index (Phi) is 11.3. The summed E-state index contributed by atoms with van der Waals surface area (Å²) in [6, 6.07) is 45.2. The van der Waals surface area contributed by atoms with Crippen molar-refractivity contribution in [1.82, 2.24) is 0 Å². The van der Waals surface area contributed by atoms with E-state index in [2.05, 4.69) is 104 Å². The highest BCUT2D eigenvalue weighted by Gasteiger charge is 2.38. The lowest BCUT2D eigenvalue weighted by molar-refractivity contribution is 0.264. The third-order valence-electron chi connectivity index (χ3n) is 10.9. The van der Waals surface area contributed by atoms with Crippen LogP contribution in [0.1, 0.15) is 109 Å². The maximum atomic E-state index is 5.93. The quantitative estimate of drug-likeness (QED) is 0.0943. The molecule has 2 heteroatoms. The number of benzene rings is 5. The van der Waals surface area contributed by atoms with Crippen LogP contribution in [-0.4, -0.2) is 0 Å². The highest BCUT2D eigenvalue weighted by atomic mass is 14.5. The zero-order valence-corrected chi connectivity index (χ0v) is 29.0. The monoisotopic (exact) mass is 634 g/mol. The summed E-state index contributed by atoms with van der Waals surface area (Å²) in [6.45, 7) is 2.29. The molecule has 0 aliphatic heterocycles. The minimum atomic E-state index is 0.0393. The van der Waals surface area contributed by atoms with Crippen molar-refractivity contribution in [1.29, 1.82) is 0 Å². The van der Waals surface area contributed by atoms with E-state index < -0.39 is 0 Å². The number of nitrogens with two attached hydrogens (primary N) is 2. The molecule has 0 radical (unpaired) electrons. The Morgan fingerprint density at radius 1 is 0.479 bits per heavy atom. The topological polar surface area (TPSA) is 52.0 Å². The molecule has 0 spiro atoms. The van der Waals surface area contributed by atoms with Crippen LogP contribution >= 0.6 is 0 Å². The first-order valence-electron chi connectivity index (χ1n) is 18.4. The van der Waals surface area contributed by atoms with Crippen LogP contribution in [0.25, 0.3) is 0 Å². The van der Waals surface area contributed by atoms with Crippen LogP contribution in [0.5, 0.6) is 0 Å². The molecule has 0 saturated heterocycles. The van der Waals surface area contributed by atoms with E-state index in [4.69, 9.17) is 11.5 Å². The third kappa shape index (κ3) is 8.78. The van der Waals surface area contributed by atoms with Gasteiger partial charge in [-0.3, -0.25) is 0 Å². The summed E-state index contributed by atoms with van der Waals surface area (Å²) in [5.74, 6) is 0.729. The first-order chi connectivity index (χ1) is 23.5. The van der Waals surface area contributed by atoms with Gasteiger partial charge in [0.1, 0.15) is 0 Å². The molecule has 0 unspecified atom stereocenters. The first-order valence-corrected chi connectivity index (χ1v) is 18.4. The summed E-state index contributed by atoms with van der Waals surface area (Å²) in [7, 11) is 0. The molecule has 5 aromatic rings. The Hall–Kier alpha value is -4.30. The fourth-order valence-corrected chi connectivity index (χ4v) is 7.85. The normalized spacial score (nSPS) is 14.6. The van der Waals surface area contributed by atoms with Crippen molar-refractivity contribution in [2.75, 3.05) is 11.5 Å². The fraction of sp³-hybridized carbons (Fsp3) is 0.348. The van der Waals surface area contributed by atoms with Gasteiger partial charge in [0.05, 0.1) is 0 Å². The summed E-state index contributed by atoms with van der Waals surface area (Å²) < 4.78 is 0. The minimum Gasteiger partial charge on any atom is -0.399 e. The van der Waals surface area contributed by atoms with E-state index in [1.54, 1.807) is 0 Å². The molecule has 4 N–H and O–H groups in total. The van der Waals surface area contributed by atoms with Crippen molar-refractivity contribution in [3.8, 4) is 0 Å². The number of hydrogen-bond donors (Lipinski definition) is 2. The summed E-state index contributed by atoms with van der Waals surface area (Å²) in [6.07, 6.45) is 15.8. The standard InChI is InChI=1S/C46H54N2/c1-2-3-4-5-6-7-35-8-10-36(11-9-35)34-41-28-30-46(31-29-41,42-20-12-37(13-21-42)32-39-16-24-44(47)25-17-39)43-22-14-38(15-23-43)33-40-18-26-45(48)27-19-40/h8-27,41H,2-7,28-34,47-48H2,1H3. The Bertz CT molecular complexity index is 1580. The lowest BCUT2D eigenvalue weighted by Crippen LogP contribution is -2.33. The van der Waals surface area contributed by atoms with Crippen LogP contribution in [0.3, 0.4) is 0 Å². The molecule has 6 rings (SSSR count). The van der Waals surface area contributed by atoms with Crippen molar-refractivity contribution in [2.24, 2.45) is 5.92 Å². The minimum absolute atomic E-state index is 0.0393. The van der Waals surface area contributed by atoms with Gasteiger partial charge < -0.3 is 11.5 Å². The van der Waals surface area contributed by atoms with Crippen LogP contribution < -0.4 is 11.5 Å². The first kappa shape index (κ1) is 33.6. The van der Waals surface area contributed by atoms with E-state index in [0.29, 0.717) is 0 Å². The highest BCUT2D eigenvalue weighted by molar-refractivity contribution is 5.45. The molecule has 0 amide bonds. The predicted molar refractivity (Wildman–Crippen MR) is 206 cm³/mol. The Labute approximate surface area is 289 Å². The van der Waals surface area contributed by atoms with Crippen LogP contribution in [0.4, 0.5) is 11.4 Å². The molecular formula is C46H54N2. The molecule has 248 valence electrons. The third-order valence-corrected chi connectivity index (χ3v) is 10.9. The van der Waals surface area contributed by atoms with E-state index >= 15 is 0 Å². The van der Waals surface area contributed by atoms with Crippen LogP contribution in [0.2, 0.25) is 0 Å². The van der Waals surface area contributed by atoms with E-state index in [1.807, 2.05) is 24.3 Å². The summed E-state index contributed by atoms with van der Waals surface area (Å²) in [5, 5.41) is 0. The number of aryl methyl sites for hydroxylation is 1. The number of nitrogen functional groups attached to an aromatic ring is 2. The van der Waals surface area contributed by atoms with E-state index in [1.165, 1.54) is 115 Å². The Balaban J connectivity index is 1.16. The van der Waals surface area contributed by atoms with E-state index in [0.717, 1.165) is 30.1 Å². The zero-order chi connectivity index (χ0) is 33.2. The maximum absolute atomic E-state index is 5.93. The van der Waals surface area contributed by atoms with Gasteiger partial charge in [0, 0.05) is 16.8 Å². The van der Waals surface area contributed by atoms with Gasteiger partial charge in [0.15, 0.2) is 0 Å². The van der Waals surface area contributed by atoms with Gasteiger partial charge in [0.2, 0.25) is 0 Å². The summed E-state index contributed by atoms with van der Waals surface area (Å²) in [5.41, 5.74) is 24.7. The van der Waals surface area contributed by atoms with Gasteiger partial charge in [-0.25, -0.2) is 0 Å². The molecule has 1 aliphatic carbocycles. The molecule has 48 heavy (non-hydrogen) atoms. The Morgan fingerprint density at radius 3 is 1.33 bits per heavy atom. The molecule has 1 fully saturated rings. The van der Waals surface area contributed by atoms with Gasteiger partial charge in [-0.05, 0) is 132 Å². The lowest BCUT2D eigenvalue weighted by atomic mass is 9.62. The van der Waals surface area contributed by atoms with Crippen LogP contribution in [-0.2, 0) is 31.1 Å². The van der Waals surface area contributed by atoms with Crippen molar-refractivity contribution >= 4 is 11.4 Å². The second-order valence-corrected chi connectivity index (χ2v) is 14.4. The molecule has 0 aromatic heterocycles. The van der Waals surface area contributed by atoms with E-state index in [-0.39, 0.29) is 5.41 Å². The highest BCUT2D eigenvalue weighted by Crippen LogP contribution is 2.47. The summed E-state index contributed by atoms with van der Waals surface area (Å²) in [4.78, 5) is 0. The average molecular weight is 635 g/mol. The second-order valence-electron chi connectivity index (χ2n) is 14.4. The molecule has 1 aliphatic rings. The van der Waals surface area contributed by atoms with Gasteiger partial charge in [-0.2, -0.15) is 0 Å². The SMILES string of the molecule is CCCCCCCc1ccc(CC2CCC(c3ccc(Cc4ccc(N)cc4)cc3)(c3ccc(Cc4ccc(N)cc4)cc3)CC2)cc1. The Morgan fingerprint density at radius 2 is 0.875 bits per heavy atom. The average Bonchev–Trinajstić information content (AvgIpc) is 3.12. The zero-order valence-electron chi connectivity index (χ0n) is 29.0. The smallest absolute Gasteiger partial charge is 0.0314 e. The number of rotatable bonds is 14. The van der Waals surface area contributed by atoms with Gasteiger partial charge in [-0.15, -0.1) is 0 Å². The van der Waals surface area contributed by atoms with Crippen molar-refractivity contribution in [3.05, 3.63) is 166 Å². The van der Waals surface area contributed by atoms with Crippen LogP contribution in [0.15, 0.2) is 121 Å². The second kappa shape index (κ2) is 16.2. The van der Waals surface area contributed by atoms with Gasteiger partial charge >= 0.3 is 0 Å². The van der Waals surface area contributed by atoms with Crippen molar-refractivity contribution in [2.45, 2.75) is 95.8 Å². The van der Waals surface area contributed by atoms with Crippen molar-refractivity contribution < 1.29 is 0 Å². The van der Waals surface area contributed by atoms with Gasteiger partial charge in [0.25, 0.3) is 0 Å². The molecule has 0 heterocycles. The predicted octanol–water partition coefficient (Wildman–Crippen LogP) is 11.3. The summed E-state index contributed by atoms with van der Waals surface area (Å²) >= 11 is 0. The lowest BCUT2D eigenvalue weighted by Gasteiger charge is -2.42. The molecule has 0 bridgehead atoms. The van der Waals surface area contributed by atoms with Crippen LogP contribution in [0, 0.1) is 5.92 Å². The fourth-order valence-electron chi connectivity index (χ4n) is 7.85. The number of hydrogen-bond acceptors (Lipinski definition) is 2. The number of anilines is 2. The molecule has 2 nitrogen and oxygen atoms in total. The maximum Gasteiger partial charge on any atom is 0.0314 e. The van der Waals surface area contributed by atoms with Gasteiger partial charge in [-0.1, -0.05) is 130 Å². The van der Waals surface area contributed by atoms with E-state index in [9.17, 15) is 0 Å². The number of unbranched alkanes of at least 4 members (excludes halogenated alkanes) is 4. The molecule has 0 atom stereocenters. The van der Waals surface area contributed by atoms with Crippen molar-refractivity contribution in [3.63, 3.8) is 0 Å². The largest absolute Gasteiger partial charge is 0.399 e. The molecule has 5 aromatic carbocycles. The molecule has 1 saturated carbocycles. The molecular weight excluding hydrogens is 581 g/mol.